The van der Waals surface area contributed by atoms with E-state index in [0.717, 1.165) is 23.5 Å². The van der Waals surface area contributed by atoms with Crippen LogP contribution in [0.15, 0.2) is 48.5 Å². The molecular weight excluding hydrogens is 290 g/mol. The van der Waals surface area contributed by atoms with Crippen LogP contribution in [0, 0.1) is 0 Å². The van der Waals surface area contributed by atoms with Gasteiger partial charge in [0.2, 0.25) is 5.91 Å². The minimum atomic E-state index is 0.00323. The Morgan fingerprint density at radius 3 is 2.43 bits per heavy atom. The third kappa shape index (κ3) is 5.66. The molecule has 0 aliphatic heterocycles. The number of ether oxygens (including phenoxy) is 2. The summed E-state index contributed by atoms with van der Waals surface area (Å²) >= 11 is 0. The van der Waals surface area contributed by atoms with Gasteiger partial charge in [-0.05, 0) is 29.7 Å². The number of methoxy groups -OCH3 is 1. The highest BCUT2D eigenvalue weighted by atomic mass is 16.5. The van der Waals surface area contributed by atoms with Crippen LogP contribution in [-0.4, -0.2) is 26.2 Å². The number of carbonyl (C=O) groups is 1. The van der Waals surface area contributed by atoms with E-state index >= 15 is 0 Å². The number of aryl methyl sites for hydroxylation is 1. The first-order valence-electron chi connectivity index (χ1n) is 7.82. The van der Waals surface area contributed by atoms with E-state index in [-0.39, 0.29) is 5.91 Å². The highest BCUT2D eigenvalue weighted by Crippen LogP contribution is 2.18. The maximum atomic E-state index is 11.9. The van der Waals surface area contributed by atoms with Crippen LogP contribution in [0.1, 0.15) is 18.1 Å². The quantitative estimate of drug-likeness (QED) is 0.762. The molecule has 0 spiro atoms. The van der Waals surface area contributed by atoms with Crippen LogP contribution in [0.25, 0.3) is 0 Å². The number of nitrogens with one attached hydrogen (secondary N) is 1. The molecule has 23 heavy (non-hydrogen) atoms. The summed E-state index contributed by atoms with van der Waals surface area (Å²) in [5, 5.41) is 2.86. The topological polar surface area (TPSA) is 47.6 Å². The Bertz CT molecular complexity index is 623. The Morgan fingerprint density at radius 1 is 1.04 bits per heavy atom. The van der Waals surface area contributed by atoms with Crippen molar-refractivity contribution in [2.75, 3.05) is 20.3 Å². The van der Waals surface area contributed by atoms with Crippen LogP contribution in [0.4, 0.5) is 0 Å². The molecule has 0 aromatic heterocycles. The van der Waals surface area contributed by atoms with E-state index in [1.54, 1.807) is 7.11 Å². The third-order valence-electron chi connectivity index (χ3n) is 3.53. The summed E-state index contributed by atoms with van der Waals surface area (Å²) in [5.74, 6) is 1.49. The van der Waals surface area contributed by atoms with Crippen molar-refractivity contribution in [1.82, 2.24) is 5.32 Å². The monoisotopic (exact) mass is 313 g/mol. The second-order valence-corrected chi connectivity index (χ2v) is 5.22. The largest absolute Gasteiger partial charge is 0.497 e. The molecule has 0 saturated carbocycles. The van der Waals surface area contributed by atoms with Gasteiger partial charge in [-0.2, -0.15) is 0 Å². The Kier molecular flexibility index (Phi) is 6.48. The molecule has 0 fully saturated rings. The van der Waals surface area contributed by atoms with Crippen molar-refractivity contribution in [2.45, 2.75) is 19.8 Å². The lowest BCUT2D eigenvalue weighted by molar-refractivity contribution is -0.120. The van der Waals surface area contributed by atoms with E-state index < -0.39 is 0 Å². The van der Waals surface area contributed by atoms with Gasteiger partial charge in [-0.25, -0.2) is 0 Å². The summed E-state index contributed by atoms with van der Waals surface area (Å²) in [4.78, 5) is 11.9. The summed E-state index contributed by atoms with van der Waals surface area (Å²) in [6, 6.07) is 15.5. The van der Waals surface area contributed by atoms with Crippen LogP contribution in [0.3, 0.4) is 0 Å². The van der Waals surface area contributed by atoms with Crippen molar-refractivity contribution in [3.8, 4) is 11.5 Å². The Morgan fingerprint density at radius 2 is 1.74 bits per heavy atom. The van der Waals surface area contributed by atoms with Crippen LogP contribution >= 0.6 is 0 Å². The Labute approximate surface area is 137 Å². The van der Waals surface area contributed by atoms with E-state index in [2.05, 4.69) is 24.4 Å². The van der Waals surface area contributed by atoms with Crippen LogP contribution < -0.4 is 14.8 Å². The van der Waals surface area contributed by atoms with Gasteiger partial charge in [0.1, 0.15) is 18.1 Å². The molecule has 0 bridgehead atoms. The molecule has 0 aliphatic carbocycles. The van der Waals surface area contributed by atoms with E-state index in [4.69, 9.17) is 9.47 Å². The molecule has 0 unspecified atom stereocenters. The van der Waals surface area contributed by atoms with Crippen molar-refractivity contribution >= 4 is 5.91 Å². The molecule has 1 N–H and O–H groups in total. The number of amides is 1. The zero-order chi connectivity index (χ0) is 16.5. The van der Waals surface area contributed by atoms with Gasteiger partial charge in [0, 0.05) is 6.07 Å². The van der Waals surface area contributed by atoms with Crippen molar-refractivity contribution in [3.63, 3.8) is 0 Å². The van der Waals surface area contributed by atoms with Gasteiger partial charge in [0.05, 0.1) is 20.1 Å². The molecule has 2 rings (SSSR count). The highest BCUT2D eigenvalue weighted by molar-refractivity contribution is 5.78. The number of hydrogen-bond acceptors (Lipinski definition) is 3. The number of hydrogen-bond donors (Lipinski definition) is 1. The Hall–Kier alpha value is -2.49. The predicted octanol–water partition coefficient (Wildman–Crippen LogP) is 3.00. The standard InChI is InChI=1S/C19H23NO3/c1-3-15-7-9-16(10-8-15)13-19(21)20-11-12-23-18-6-4-5-17(14-18)22-2/h4-10,14H,3,11-13H2,1-2H3,(H,20,21). The average Bonchev–Trinajstić information content (AvgIpc) is 2.59. The lowest BCUT2D eigenvalue weighted by atomic mass is 10.1. The van der Waals surface area contributed by atoms with Crippen molar-refractivity contribution in [1.29, 1.82) is 0 Å². The summed E-state index contributed by atoms with van der Waals surface area (Å²) in [6.07, 6.45) is 1.40. The second kappa shape index (κ2) is 8.83. The molecule has 1 amide bonds. The van der Waals surface area contributed by atoms with Gasteiger partial charge in [-0.3, -0.25) is 4.79 Å². The minimum Gasteiger partial charge on any atom is -0.497 e. The molecule has 2 aromatic rings. The smallest absolute Gasteiger partial charge is 0.224 e. The van der Waals surface area contributed by atoms with Crippen LogP contribution in [0.5, 0.6) is 11.5 Å². The summed E-state index contributed by atoms with van der Waals surface area (Å²) in [7, 11) is 1.62. The van der Waals surface area contributed by atoms with Crippen molar-refractivity contribution in [3.05, 3.63) is 59.7 Å². The van der Waals surface area contributed by atoms with Gasteiger partial charge >= 0.3 is 0 Å². The lowest BCUT2D eigenvalue weighted by Gasteiger charge is -2.09. The summed E-state index contributed by atoms with van der Waals surface area (Å²) < 4.78 is 10.7. The molecule has 122 valence electrons. The van der Waals surface area contributed by atoms with Gasteiger partial charge in [0.15, 0.2) is 0 Å². The van der Waals surface area contributed by atoms with Crippen LogP contribution in [-0.2, 0) is 17.6 Å². The van der Waals surface area contributed by atoms with Gasteiger partial charge in [-0.15, -0.1) is 0 Å². The summed E-state index contributed by atoms with van der Waals surface area (Å²) in [5.41, 5.74) is 2.30. The lowest BCUT2D eigenvalue weighted by Crippen LogP contribution is -2.29. The number of benzene rings is 2. The first kappa shape index (κ1) is 16.9. The van der Waals surface area contributed by atoms with Gasteiger partial charge in [0.25, 0.3) is 0 Å². The van der Waals surface area contributed by atoms with E-state index in [1.165, 1.54) is 5.56 Å². The molecule has 0 aliphatic rings. The minimum absolute atomic E-state index is 0.00323. The third-order valence-corrected chi connectivity index (χ3v) is 3.53. The fourth-order valence-electron chi connectivity index (χ4n) is 2.19. The highest BCUT2D eigenvalue weighted by Gasteiger charge is 2.03. The molecular formula is C19H23NO3. The maximum absolute atomic E-state index is 11.9. The number of rotatable bonds is 8. The van der Waals surface area contributed by atoms with E-state index in [9.17, 15) is 4.79 Å². The average molecular weight is 313 g/mol. The van der Waals surface area contributed by atoms with Gasteiger partial charge < -0.3 is 14.8 Å². The van der Waals surface area contributed by atoms with E-state index in [0.29, 0.717) is 19.6 Å². The molecule has 4 nitrogen and oxygen atoms in total. The van der Waals surface area contributed by atoms with Crippen LogP contribution in [0.2, 0.25) is 0 Å². The van der Waals surface area contributed by atoms with Gasteiger partial charge in [-0.1, -0.05) is 37.3 Å². The number of carbonyl (C=O) groups excluding carboxylic acids is 1. The zero-order valence-corrected chi connectivity index (χ0v) is 13.7. The molecule has 0 radical (unpaired) electrons. The van der Waals surface area contributed by atoms with E-state index in [1.807, 2.05) is 36.4 Å². The SMILES string of the molecule is CCc1ccc(CC(=O)NCCOc2cccc(OC)c2)cc1. The molecule has 4 heteroatoms. The van der Waals surface area contributed by atoms with Crippen molar-refractivity contribution in [2.24, 2.45) is 0 Å². The second-order valence-electron chi connectivity index (χ2n) is 5.22. The molecule has 2 aromatic carbocycles. The molecule has 0 heterocycles. The first-order valence-corrected chi connectivity index (χ1v) is 7.82. The fourth-order valence-corrected chi connectivity index (χ4v) is 2.19. The fraction of sp³-hybridized carbons (Fsp3) is 0.316. The summed E-state index contributed by atoms with van der Waals surface area (Å²) in [6.45, 7) is 3.01. The molecule has 0 saturated heterocycles. The Balaban J connectivity index is 1.69. The molecule has 0 atom stereocenters. The maximum Gasteiger partial charge on any atom is 0.224 e. The predicted molar refractivity (Wildman–Crippen MR) is 91.0 cm³/mol. The normalized spacial score (nSPS) is 10.2. The zero-order valence-electron chi connectivity index (χ0n) is 13.7. The van der Waals surface area contributed by atoms with Crippen molar-refractivity contribution < 1.29 is 14.3 Å². The first-order chi connectivity index (χ1) is 11.2.